The lowest BCUT2D eigenvalue weighted by molar-refractivity contribution is 0.181. The summed E-state index contributed by atoms with van der Waals surface area (Å²) < 4.78 is 33.4. The van der Waals surface area contributed by atoms with Crippen LogP contribution in [0.25, 0.3) is 22.2 Å². The van der Waals surface area contributed by atoms with Crippen molar-refractivity contribution in [1.82, 2.24) is 19.2 Å². The maximum Gasteiger partial charge on any atom is 0.245 e. The molecule has 33 heavy (non-hydrogen) atoms. The van der Waals surface area contributed by atoms with E-state index in [-0.39, 0.29) is 4.90 Å². The molecule has 1 aliphatic rings. The van der Waals surface area contributed by atoms with Gasteiger partial charge >= 0.3 is 0 Å². The van der Waals surface area contributed by atoms with Gasteiger partial charge in [0.05, 0.1) is 24.9 Å². The van der Waals surface area contributed by atoms with E-state index in [0.29, 0.717) is 38.2 Å². The fourth-order valence-electron chi connectivity index (χ4n) is 4.02. The van der Waals surface area contributed by atoms with Crippen LogP contribution in [-0.4, -0.2) is 60.9 Å². The summed E-state index contributed by atoms with van der Waals surface area (Å²) in [5, 5.41) is 3.91. The van der Waals surface area contributed by atoms with E-state index in [1.165, 1.54) is 0 Å². The van der Waals surface area contributed by atoms with Gasteiger partial charge in [-0.2, -0.15) is 4.31 Å². The summed E-state index contributed by atoms with van der Waals surface area (Å²) in [6.07, 6.45) is 1.63. The molecule has 0 N–H and O–H groups in total. The lowest BCUT2D eigenvalue weighted by Crippen LogP contribution is -2.48. The minimum atomic E-state index is -3.60. The number of hydrogen-bond acceptors (Lipinski definition) is 7. The van der Waals surface area contributed by atoms with Gasteiger partial charge < -0.3 is 4.74 Å². The van der Waals surface area contributed by atoms with Crippen molar-refractivity contribution in [2.24, 2.45) is 0 Å². The molecule has 1 saturated heterocycles. The molecule has 0 unspecified atom stereocenters. The molecule has 1 aliphatic heterocycles. The zero-order valence-corrected chi connectivity index (χ0v) is 19.8. The van der Waals surface area contributed by atoms with Crippen molar-refractivity contribution in [3.05, 3.63) is 71.2 Å². The van der Waals surface area contributed by atoms with Crippen molar-refractivity contribution in [3.63, 3.8) is 0 Å². The highest BCUT2D eigenvalue weighted by Crippen LogP contribution is 2.27. The third-order valence-corrected chi connectivity index (χ3v) is 8.60. The van der Waals surface area contributed by atoms with E-state index < -0.39 is 10.0 Å². The molecular weight excluding hydrogens is 456 g/mol. The Kier molecular flexibility index (Phi) is 6.11. The quantitative estimate of drug-likeness (QED) is 0.417. The van der Waals surface area contributed by atoms with Crippen molar-refractivity contribution < 1.29 is 13.2 Å². The molecule has 1 fully saturated rings. The third-order valence-electron chi connectivity index (χ3n) is 5.84. The highest BCUT2D eigenvalue weighted by atomic mass is 32.2. The van der Waals surface area contributed by atoms with Gasteiger partial charge in [0.15, 0.2) is 0 Å². The molecule has 0 bridgehead atoms. The van der Waals surface area contributed by atoms with Crippen molar-refractivity contribution in [1.29, 1.82) is 0 Å². The van der Waals surface area contributed by atoms with Crippen molar-refractivity contribution in [2.45, 2.75) is 11.4 Å². The number of methoxy groups -OCH3 is 1. The number of piperazine rings is 1. The van der Waals surface area contributed by atoms with Crippen molar-refractivity contribution in [3.8, 4) is 17.0 Å². The molecule has 3 heterocycles. The molecule has 170 valence electrons. The number of fused-ring (bicyclic) bond motifs is 1. The Balaban J connectivity index is 1.24. The monoisotopic (exact) mass is 480 g/mol. The van der Waals surface area contributed by atoms with E-state index in [1.807, 2.05) is 42.5 Å². The molecule has 2 aromatic carbocycles. The summed E-state index contributed by atoms with van der Waals surface area (Å²) in [5.41, 5.74) is 2.52. The van der Waals surface area contributed by atoms with Gasteiger partial charge in [0.25, 0.3) is 0 Å². The Morgan fingerprint density at radius 3 is 2.52 bits per heavy atom. The van der Waals surface area contributed by atoms with Crippen LogP contribution in [0.15, 0.2) is 71.1 Å². The number of sulfonamides is 1. The summed E-state index contributed by atoms with van der Waals surface area (Å²) in [5.74, 6) is 0.821. The highest BCUT2D eigenvalue weighted by molar-refractivity contribution is 7.89. The van der Waals surface area contributed by atoms with Crippen LogP contribution in [0.1, 0.15) is 5.01 Å². The number of rotatable bonds is 6. The van der Waals surface area contributed by atoms with Gasteiger partial charge in [0, 0.05) is 48.7 Å². The highest BCUT2D eigenvalue weighted by Gasteiger charge is 2.30. The third kappa shape index (κ3) is 4.49. The molecule has 7 nitrogen and oxygen atoms in total. The van der Waals surface area contributed by atoms with E-state index in [2.05, 4.69) is 15.3 Å². The summed E-state index contributed by atoms with van der Waals surface area (Å²) in [6, 6.07) is 16.9. The van der Waals surface area contributed by atoms with Crippen LogP contribution in [0.2, 0.25) is 0 Å². The van der Waals surface area contributed by atoms with Gasteiger partial charge in [0.1, 0.15) is 15.7 Å². The summed E-state index contributed by atoms with van der Waals surface area (Å²) in [4.78, 5) is 11.6. The van der Waals surface area contributed by atoms with Gasteiger partial charge in [-0.15, -0.1) is 11.3 Å². The van der Waals surface area contributed by atoms with Crippen LogP contribution in [0, 0.1) is 0 Å². The molecule has 4 aromatic rings. The molecule has 2 aromatic heterocycles. The van der Waals surface area contributed by atoms with Crippen LogP contribution in [0.3, 0.4) is 0 Å². The predicted octanol–water partition coefficient (Wildman–Crippen LogP) is 3.87. The molecule has 0 aliphatic carbocycles. The smallest absolute Gasteiger partial charge is 0.245 e. The lowest BCUT2D eigenvalue weighted by atomic mass is 10.2. The number of ether oxygens (including phenoxy) is 1. The molecule has 0 atom stereocenters. The van der Waals surface area contributed by atoms with Gasteiger partial charge in [-0.1, -0.05) is 18.2 Å². The first kappa shape index (κ1) is 22.0. The maximum atomic E-state index is 13.3. The molecule has 0 amide bonds. The van der Waals surface area contributed by atoms with Crippen molar-refractivity contribution >= 4 is 32.3 Å². The number of thiazole rings is 1. The molecule has 0 saturated carbocycles. The van der Waals surface area contributed by atoms with Crippen LogP contribution in [0.4, 0.5) is 0 Å². The van der Waals surface area contributed by atoms with Gasteiger partial charge in [-0.3, -0.25) is 9.88 Å². The first-order chi connectivity index (χ1) is 16.0. The van der Waals surface area contributed by atoms with E-state index in [0.717, 1.165) is 27.4 Å². The summed E-state index contributed by atoms with van der Waals surface area (Å²) in [7, 11) is -1.95. The van der Waals surface area contributed by atoms with Crippen LogP contribution >= 0.6 is 11.3 Å². The lowest BCUT2D eigenvalue weighted by Gasteiger charge is -2.33. The predicted molar refractivity (Wildman–Crippen MR) is 130 cm³/mol. The van der Waals surface area contributed by atoms with E-state index in [4.69, 9.17) is 9.72 Å². The molecule has 9 heteroatoms. The average molecular weight is 481 g/mol. The second-order valence-electron chi connectivity index (χ2n) is 7.87. The second-order valence-corrected chi connectivity index (χ2v) is 10.7. The number of pyridine rings is 1. The Morgan fingerprint density at radius 1 is 1.00 bits per heavy atom. The number of hydrogen-bond donors (Lipinski definition) is 0. The largest absolute Gasteiger partial charge is 0.497 e. The van der Waals surface area contributed by atoms with Gasteiger partial charge in [-0.25, -0.2) is 13.4 Å². The molecular formula is C24H24N4O3S2. The average Bonchev–Trinajstić information content (AvgIpc) is 3.32. The second kappa shape index (κ2) is 9.18. The van der Waals surface area contributed by atoms with Crippen LogP contribution in [-0.2, 0) is 16.6 Å². The van der Waals surface area contributed by atoms with Crippen LogP contribution < -0.4 is 4.74 Å². The zero-order valence-electron chi connectivity index (χ0n) is 18.2. The normalized spacial score (nSPS) is 15.7. The molecule has 0 radical (unpaired) electrons. The fourth-order valence-corrected chi connectivity index (χ4v) is 6.45. The Morgan fingerprint density at radius 2 is 1.76 bits per heavy atom. The number of para-hydroxylation sites is 1. The van der Waals surface area contributed by atoms with Gasteiger partial charge in [-0.05, 0) is 36.4 Å². The number of aromatic nitrogens is 2. The van der Waals surface area contributed by atoms with E-state index in [9.17, 15) is 8.42 Å². The Hall–Kier alpha value is -2.85. The van der Waals surface area contributed by atoms with E-state index >= 15 is 0 Å². The Bertz CT molecular complexity index is 1360. The zero-order chi connectivity index (χ0) is 22.8. The van der Waals surface area contributed by atoms with E-state index in [1.54, 1.807) is 41.1 Å². The Labute approximate surface area is 197 Å². The van der Waals surface area contributed by atoms with Crippen LogP contribution in [0.5, 0.6) is 5.75 Å². The van der Waals surface area contributed by atoms with Crippen molar-refractivity contribution in [2.75, 3.05) is 33.3 Å². The topological polar surface area (TPSA) is 75.6 Å². The minimum Gasteiger partial charge on any atom is -0.497 e. The fraction of sp³-hybridized carbons (Fsp3) is 0.250. The minimum absolute atomic E-state index is 0.276. The SMILES string of the molecule is COc1ccc(-c2csc(CN3CCN(S(=O)(=O)c4cccc5cccnc45)CC3)n2)cc1. The first-order valence-corrected chi connectivity index (χ1v) is 13.0. The standard InChI is InChI=1S/C24H24N4O3S2/c1-31-20-9-7-18(8-10-20)21-17-32-23(26-21)16-27-12-14-28(15-13-27)33(29,30)22-6-2-4-19-5-3-11-25-24(19)22/h2-11,17H,12-16H2,1H3. The summed E-state index contributed by atoms with van der Waals surface area (Å²) >= 11 is 1.63. The van der Waals surface area contributed by atoms with Gasteiger partial charge in [0.2, 0.25) is 10.0 Å². The molecule has 0 spiro atoms. The number of benzene rings is 2. The first-order valence-electron chi connectivity index (χ1n) is 10.7. The number of nitrogens with zero attached hydrogens (tertiary/aromatic N) is 4. The summed E-state index contributed by atoms with van der Waals surface area (Å²) in [6.45, 7) is 2.93. The maximum absolute atomic E-state index is 13.3. The molecule has 5 rings (SSSR count).